The van der Waals surface area contributed by atoms with E-state index in [0.29, 0.717) is 5.56 Å². The highest BCUT2D eigenvalue weighted by Crippen LogP contribution is 2.35. The first-order valence-electron chi connectivity index (χ1n) is 7.93. The molecule has 144 valence electrons. The molecule has 3 rings (SSSR count). The van der Waals surface area contributed by atoms with Crippen LogP contribution in [0, 0.1) is 27.7 Å². The number of hydrogen-bond donors (Lipinski definition) is 0. The summed E-state index contributed by atoms with van der Waals surface area (Å²) in [5, 5.41) is 0. The third-order valence-corrected chi connectivity index (χ3v) is 8.93. The molecule has 1 aromatic carbocycles. The van der Waals surface area contributed by atoms with Gasteiger partial charge in [-0.3, -0.25) is 9.59 Å². The summed E-state index contributed by atoms with van der Waals surface area (Å²) in [5.41, 5.74) is 3.94. The van der Waals surface area contributed by atoms with Gasteiger partial charge >= 0.3 is 5.97 Å². The largest absolute Gasteiger partial charge is 0.442 e. The van der Waals surface area contributed by atoms with Crippen LogP contribution in [-0.4, -0.2) is 45.0 Å². The van der Waals surface area contributed by atoms with Gasteiger partial charge in [-0.15, -0.1) is 0 Å². The topological polar surface area (TPSA) is 112 Å². The molecule has 2 heterocycles. The van der Waals surface area contributed by atoms with Crippen molar-refractivity contribution in [1.82, 2.24) is 0 Å². The van der Waals surface area contributed by atoms with Crippen LogP contribution in [0.3, 0.4) is 0 Å². The molecule has 26 heavy (non-hydrogen) atoms. The van der Waals surface area contributed by atoms with Crippen molar-refractivity contribution in [3.8, 4) is 0 Å². The van der Waals surface area contributed by atoms with Crippen LogP contribution >= 0.6 is 0 Å². The quantitative estimate of drug-likeness (QED) is 0.606. The van der Waals surface area contributed by atoms with Gasteiger partial charge in [-0.05, 0) is 63.8 Å². The van der Waals surface area contributed by atoms with Crippen LogP contribution in [0.1, 0.15) is 46.5 Å². The maximum Gasteiger partial charge on any atom is 0.322 e. The number of ether oxygens (including phenoxy) is 1. The summed E-state index contributed by atoms with van der Waals surface area (Å²) < 4.78 is 50.2. The first-order valence-corrected chi connectivity index (χ1v) is 11.2. The van der Waals surface area contributed by atoms with E-state index >= 15 is 0 Å². The van der Waals surface area contributed by atoms with Crippen molar-refractivity contribution in [3.63, 3.8) is 0 Å². The number of sulfone groups is 2. The minimum atomic E-state index is -3.40. The Kier molecular flexibility index (Phi) is 4.87. The second-order valence-electron chi connectivity index (χ2n) is 7.02. The van der Waals surface area contributed by atoms with Crippen molar-refractivity contribution in [3.05, 3.63) is 27.8 Å². The van der Waals surface area contributed by atoms with E-state index < -0.39 is 36.3 Å². The van der Waals surface area contributed by atoms with Crippen molar-refractivity contribution in [2.45, 2.75) is 51.4 Å². The van der Waals surface area contributed by atoms with Crippen molar-refractivity contribution in [2.75, 3.05) is 11.5 Å². The van der Waals surface area contributed by atoms with Crippen LogP contribution in [0.2, 0.25) is 0 Å². The van der Waals surface area contributed by atoms with E-state index in [4.69, 9.17) is 0 Å². The number of esters is 1. The Hall–Kier alpha value is -1.74. The molecule has 2 aliphatic rings. The molecule has 0 bridgehead atoms. The Labute approximate surface area is 153 Å². The van der Waals surface area contributed by atoms with Crippen LogP contribution in [0.5, 0.6) is 0 Å². The number of benzene rings is 1. The van der Waals surface area contributed by atoms with Crippen molar-refractivity contribution >= 4 is 31.4 Å². The van der Waals surface area contributed by atoms with Gasteiger partial charge in [0.05, 0.1) is 4.90 Å². The zero-order valence-electron chi connectivity index (χ0n) is 15.6. The van der Waals surface area contributed by atoms with Crippen molar-refractivity contribution in [1.29, 1.82) is 0 Å². The Balaban J connectivity index is 0.000000209. The summed E-state index contributed by atoms with van der Waals surface area (Å²) in [5.74, 6) is -1.78. The zero-order valence-corrected chi connectivity index (χ0v) is 17.2. The number of carbonyl (C=O) groups is 2. The van der Waals surface area contributed by atoms with Gasteiger partial charge in [-0.1, -0.05) is 0 Å². The van der Waals surface area contributed by atoms with Gasteiger partial charge in [0.2, 0.25) is 14.8 Å². The second-order valence-corrected chi connectivity index (χ2v) is 11.4. The summed E-state index contributed by atoms with van der Waals surface area (Å²) in [7, 11) is -6.74. The fourth-order valence-corrected chi connectivity index (χ4v) is 5.78. The maximum absolute atomic E-state index is 11.9. The van der Waals surface area contributed by atoms with Crippen molar-refractivity contribution in [2.24, 2.45) is 0 Å². The summed E-state index contributed by atoms with van der Waals surface area (Å²) in [6.45, 7) is 10.2. The first kappa shape index (κ1) is 20.6. The highest BCUT2D eigenvalue weighted by atomic mass is 32.2. The van der Waals surface area contributed by atoms with Crippen molar-refractivity contribution < 1.29 is 31.2 Å². The highest BCUT2D eigenvalue weighted by Gasteiger charge is 2.46. The average Bonchev–Trinajstić information content (AvgIpc) is 2.81. The van der Waals surface area contributed by atoms with Crippen LogP contribution in [0.25, 0.3) is 0 Å². The smallest absolute Gasteiger partial charge is 0.322 e. The van der Waals surface area contributed by atoms with Crippen LogP contribution in [-0.2, 0) is 29.2 Å². The Morgan fingerprint density at radius 3 is 1.69 bits per heavy atom. The zero-order chi connectivity index (χ0) is 20.2. The summed E-state index contributed by atoms with van der Waals surface area (Å²) in [6.07, 6.45) is 0. The molecule has 0 N–H and O–H groups in total. The molecule has 1 saturated heterocycles. The molecule has 0 atom stereocenters. The number of Topliss-reactive ketones (excluding diaryl/α,β-unsaturated/α-hetero) is 1. The number of rotatable bonds is 0. The molecule has 7 nitrogen and oxygen atoms in total. The van der Waals surface area contributed by atoms with E-state index in [2.05, 4.69) is 4.74 Å². The minimum absolute atomic E-state index is 0.262. The third kappa shape index (κ3) is 3.18. The molecule has 0 unspecified atom stereocenters. The third-order valence-electron chi connectivity index (χ3n) is 4.96. The van der Waals surface area contributed by atoms with Crippen LogP contribution in [0.15, 0.2) is 4.90 Å². The molecule has 1 fully saturated rings. The van der Waals surface area contributed by atoms with Gasteiger partial charge in [0.15, 0.2) is 21.4 Å². The van der Waals surface area contributed by atoms with E-state index in [1.54, 1.807) is 6.92 Å². The maximum atomic E-state index is 11.9. The molecule has 0 radical (unpaired) electrons. The molecule has 1 aromatic rings. The van der Waals surface area contributed by atoms with Gasteiger partial charge in [0.1, 0.15) is 5.75 Å². The first-order chi connectivity index (χ1) is 11.6. The van der Waals surface area contributed by atoms with Gasteiger partial charge in [-0.2, -0.15) is 0 Å². The lowest BCUT2D eigenvalue weighted by Gasteiger charge is -2.13. The van der Waals surface area contributed by atoms with Gasteiger partial charge in [0.25, 0.3) is 0 Å². The number of hydrogen-bond acceptors (Lipinski definition) is 7. The Bertz CT molecular complexity index is 1030. The van der Waals surface area contributed by atoms with Gasteiger partial charge in [-0.25, -0.2) is 16.8 Å². The monoisotopic (exact) mass is 402 g/mol. The molecule has 0 spiro atoms. The lowest BCUT2D eigenvalue weighted by Crippen LogP contribution is -2.28. The van der Waals surface area contributed by atoms with E-state index in [1.807, 2.05) is 20.8 Å². The SMILES string of the molecule is CC1(C)OC(=O)CS1(=O)=O.Cc1c(C)c(C)c2c(c1C)C(=O)CS2(=O)=O. The highest BCUT2D eigenvalue weighted by molar-refractivity contribution is 7.93. The normalized spacial score (nSPS) is 21.6. The predicted octanol–water partition coefficient (Wildman–Crippen LogP) is 1.58. The fourth-order valence-electron chi connectivity index (χ4n) is 3.02. The predicted molar refractivity (Wildman–Crippen MR) is 95.7 cm³/mol. The van der Waals surface area contributed by atoms with E-state index in [9.17, 15) is 26.4 Å². The molecule has 0 saturated carbocycles. The molecular weight excluding hydrogens is 380 g/mol. The summed E-state index contributed by atoms with van der Waals surface area (Å²) >= 11 is 0. The molecule has 9 heteroatoms. The van der Waals surface area contributed by atoms with E-state index in [-0.39, 0.29) is 16.4 Å². The molecular formula is C17H22O7S2. The summed E-state index contributed by atoms with van der Waals surface area (Å²) in [6, 6.07) is 0. The standard InChI is InChI=1S/C12H14O3S.C5H8O4S/c1-6-7(2)9(4)12-11(8(6)3)10(13)5-16(12,14)15;1-5(2)9-4(6)3-10(5,7)8/h5H2,1-4H3;3H2,1-2H3. The van der Waals surface area contributed by atoms with E-state index in [1.165, 1.54) is 13.8 Å². The van der Waals surface area contributed by atoms with Crippen LogP contribution < -0.4 is 0 Å². The van der Waals surface area contributed by atoms with E-state index in [0.717, 1.165) is 22.3 Å². The van der Waals surface area contributed by atoms with Crippen LogP contribution in [0.4, 0.5) is 0 Å². The Morgan fingerprint density at radius 1 is 0.808 bits per heavy atom. The molecule has 0 aliphatic carbocycles. The number of fused-ring (bicyclic) bond motifs is 1. The lowest BCUT2D eigenvalue weighted by molar-refractivity contribution is -0.143. The number of ketones is 1. The van der Waals surface area contributed by atoms with Gasteiger partial charge in [0, 0.05) is 5.56 Å². The molecule has 0 aromatic heterocycles. The lowest BCUT2D eigenvalue weighted by atomic mass is 9.93. The average molecular weight is 402 g/mol. The molecule has 2 aliphatic heterocycles. The fraction of sp³-hybridized carbons (Fsp3) is 0.529. The minimum Gasteiger partial charge on any atom is -0.442 e. The Morgan fingerprint density at radius 2 is 1.31 bits per heavy atom. The summed E-state index contributed by atoms with van der Waals surface area (Å²) in [4.78, 5) is 21.2. The van der Waals surface area contributed by atoms with Gasteiger partial charge < -0.3 is 4.74 Å². The second kappa shape index (κ2) is 6.16. The molecule has 0 amide bonds. The number of cyclic esters (lactones) is 1. The number of carbonyl (C=O) groups excluding carboxylic acids is 2.